The summed E-state index contributed by atoms with van der Waals surface area (Å²) in [6.45, 7) is 6.95. The molecule has 3 heteroatoms. The van der Waals surface area contributed by atoms with Crippen molar-refractivity contribution >= 4 is 33.5 Å². The largest absolute Gasteiger partial charge is 0.369 e. The molecule has 0 bridgehead atoms. The second-order valence-electron chi connectivity index (χ2n) is 7.03. The van der Waals surface area contributed by atoms with E-state index in [0.717, 1.165) is 15.7 Å². The Morgan fingerprint density at radius 1 is 1.17 bits per heavy atom. The molecular weight excluding hydrogens is 348 g/mol. The smallest absolute Gasteiger partial charge is 0.0630 e. The maximum absolute atomic E-state index is 4.58. The number of hydrogen-bond donors (Lipinski definition) is 0. The fourth-order valence-electron chi connectivity index (χ4n) is 3.35. The SMILES string of the molecule is C[C@H]1CC(C)(C)N(C)c2ccc(C=Nc3ccc(Br)cc3)cc21. The molecule has 0 N–H and O–H groups in total. The number of halogens is 1. The van der Waals surface area contributed by atoms with Gasteiger partial charge >= 0.3 is 0 Å². The molecule has 0 saturated carbocycles. The van der Waals surface area contributed by atoms with Crippen molar-refractivity contribution in [1.82, 2.24) is 0 Å². The molecule has 1 atom stereocenters. The lowest BCUT2D eigenvalue weighted by Crippen LogP contribution is -2.45. The Kier molecular flexibility index (Phi) is 4.33. The van der Waals surface area contributed by atoms with Crippen molar-refractivity contribution in [2.75, 3.05) is 11.9 Å². The summed E-state index contributed by atoms with van der Waals surface area (Å²) in [5.74, 6) is 0.567. The number of rotatable bonds is 2. The van der Waals surface area contributed by atoms with Crippen molar-refractivity contribution in [2.24, 2.45) is 4.99 Å². The van der Waals surface area contributed by atoms with E-state index in [1.54, 1.807) is 0 Å². The van der Waals surface area contributed by atoms with Crippen molar-refractivity contribution in [3.8, 4) is 0 Å². The van der Waals surface area contributed by atoms with Crippen LogP contribution in [0.3, 0.4) is 0 Å². The second kappa shape index (κ2) is 6.12. The van der Waals surface area contributed by atoms with Crippen molar-refractivity contribution in [3.63, 3.8) is 0 Å². The number of aliphatic imine (C=N–C) groups is 1. The monoisotopic (exact) mass is 370 g/mol. The average molecular weight is 371 g/mol. The molecule has 23 heavy (non-hydrogen) atoms. The molecule has 0 radical (unpaired) electrons. The molecule has 120 valence electrons. The van der Waals surface area contributed by atoms with Crippen LogP contribution in [0.15, 0.2) is 51.9 Å². The standard InChI is InChI=1S/C20H23BrN2/c1-14-12-20(2,3)23(4)19-10-5-15(11-18(14)19)13-22-17-8-6-16(21)7-9-17/h5-11,13-14H,12H2,1-4H3/t14-/m0/s1. The van der Waals surface area contributed by atoms with Crippen molar-refractivity contribution in [3.05, 3.63) is 58.1 Å². The summed E-state index contributed by atoms with van der Waals surface area (Å²) in [5.41, 5.74) is 5.10. The zero-order valence-electron chi connectivity index (χ0n) is 14.2. The maximum atomic E-state index is 4.58. The van der Waals surface area contributed by atoms with E-state index in [1.165, 1.54) is 17.7 Å². The Hall–Kier alpha value is -1.61. The highest BCUT2D eigenvalue weighted by Crippen LogP contribution is 2.42. The summed E-state index contributed by atoms with van der Waals surface area (Å²) >= 11 is 3.45. The summed E-state index contributed by atoms with van der Waals surface area (Å²) in [6, 6.07) is 14.7. The number of hydrogen-bond acceptors (Lipinski definition) is 2. The molecular formula is C20H23BrN2. The van der Waals surface area contributed by atoms with E-state index in [1.807, 2.05) is 30.5 Å². The predicted octanol–water partition coefficient (Wildman–Crippen LogP) is 5.92. The molecule has 3 rings (SSSR count). The van der Waals surface area contributed by atoms with Crippen LogP contribution >= 0.6 is 15.9 Å². The first-order valence-electron chi connectivity index (χ1n) is 8.04. The molecule has 2 aromatic rings. The first-order valence-corrected chi connectivity index (χ1v) is 8.83. The van der Waals surface area contributed by atoms with Gasteiger partial charge in [-0.1, -0.05) is 28.9 Å². The third kappa shape index (κ3) is 3.35. The van der Waals surface area contributed by atoms with Gasteiger partial charge in [0, 0.05) is 29.0 Å². The molecule has 0 amide bonds. The minimum atomic E-state index is 0.208. The summed E-state index contributed by atoms with van der Waals surface area (Å²) in [5, 5.41) is 0. The van der Waals surface area contributed by atoms with E-state index in [9.17, 15) is 0 Å². The van der Waals surface area contributed by atoms with Gasteiger partial charge in [-0.3, -0.25) is 4.99 Å². The van der Waals surface area contributed by atoms with Gasteiger partial charge in [-0.25, -0.2) is 0 Å². The van der Waals surface area contributed by atoms with Gasteiger partial charge in [0.2, 0.25) is 0 Å². The van der Waals surface area contributed by atoms with Crippen LogP contribution in [0.25, 0.3) is 0 Å². The molecule has 0 unspecified atom stereocenters. The third-order valence-corrected chi connectivity index (χ3v) is 5.38. The van der Waals surface area contributed by atoms with Gasteiger partial charge in [0.05, 0.1) is 5.69 Å². The lowest BCUT2D eigenvalue weighted by atomic mass is 9.80. The molecule has 2 nitrogen and oxygen atoms in total. The van der Waals surface area contributed by atoms with Crippen LogP contribution in [-0.2, 0) is 0 Å². The van der Waals surface area contributed by atoms with Crippen molar-refractivity contribution in [1.29, 1.82) is 0 Å². The van der Waals surface area contributed by atoms with Crippen LogP contribution in [0, 0.1) is 0 Å². The minimum Gasteiger partial charge on any atom is -0.369 e. The fourth-order valence-corrected chi connectivity index (χ4v) is 3.62. The zero-order valence-corrected chi connectivity index (χ0v) is 15.8. The van der Waals surface area contributed by atoms with E-state index < -0.39 is 0 Å². The van der Waals surface area contributed by atoms with E-state index >= 15 is 0 Å². The van der Waals surface area contributed by atoms with Crippen LogP contribution in [0.1, 0.15) is 44.2 Å². The average Bonchev–Trinajstić information content (AvgIpc) is 2.52. The highest BCUT2D eigenvalue weighted by Gasteiger charge is 2.33. The molecule has 0 aliphatic carbocycles. The summed E-state index contributed by atoms with van der Waals surface area (Å²) in [4.78, 5) is 6.98. The molecule has 1 aliphatic rings. The molecule has 0 fully saturated rings. The number of fused-ring (bicyclic) bond motifs is 1. The molecule has 0 aromatic heterocycles. The van der Waals surface area contributed by atoms with Gasteiger partial charge < -0.3 is 4.90 Å². The summed E-state index contributed by atoms with van der Waals surface area (Å²) < 4.78 is 1.07. The van der Waals surface area contributed by atoms with Gasteiger partial charge in [0.15, 0.2) is 0 Å². The first-order chi connectivity index (χ1) is 10.9. The van der Waals surface area contributed by atoms with E-state index in [4.69, 9.17) is 0 Å². The van der Waals surface area contributed by atoms with Gasteiger partial charge in [-0.05, 0) is 73.7 Å². The Morgan fingerprint density at radius 2 is 1.87 bits per heavy atom. The van der Waals surface area contributed by atoms with E-state index in [0.29, 0.717) is 5.92 Å². The normalized spacial score (nSPS) is 19.9. The molecule has 1 aliphatic heterocycles. The topological polar surface area (TPSA) is 15.6 Å². The Balaban J connectivity index is 1.89. The van der Waals surface area contributed by atoms with Crippen LogP contribution in [0.4, 0.5) is 11.4 Å². The number of nitrogens with zero attached hydrogens (tertiary/aromatic N) is 2. The van der Waals surface area contributed by atoms with Gasteiger partial charge in [0.25, 0.3) is 0 Å². The van der Waals surface area contributed by atoms with Crippen LogP contribution in [-0.4, -0.2) is 18.8 Å². The highest BCUT2D eigenvalue weighted by atomic mass is 79.9. The number of benzene rings is 2. The highest BCUT2D eigenvalue weighted by molar-refractivity contribution is 9.10. The fraction of sp³-hybridized carbons (Fsp3) is 0.350. The summed E-state index contributed by atoms with van der Waals surface area (Å²) in [7, 11) is 2.19. The Bertz CT molecular complexity index is 732. The molecule has 0 saturated heterocycles. The predicted molar refractivity (Wildman–Crippen MR) is 103 cm³/mol. The molecule has 2 aromatic carbocycles. The van der Waals surface area contributed by atoms with Crippen molar-refractivity contribution < 1.29 is 0 Å². The lowest BCUT2D eigenvalue weighted by molar-refractivity contribution is 0.395. The van der Waals surface area contributed by atoms with E-state index in [2.05, 4.69) is 71.8 Å². The first kappa shape index (κ1) is 16.3. The minimum absolute atomic E-state index is 0.208. The Morgan fingerprint density at radius 3 is 2.57 bits per heavy atom. The van der Waals surface area contributed by atoms with Crippen LogP contribution in [0.5, 0.6) is 0 Å². The molecule has 1 heterocycles. The maximum Gasteiger partial charge on any atom is 0.0630 e. The second-order valence-corrected chi connectivity index (χ2v) is 7.95. The van der Waals surface area contributed by atoms with Gasteiger partial charge in [-0.2, -0.15) is 0 Å². The zero-order chi connectivity index (χ0) is 16.6. The lowest BCUT2D eigenvalue weighted by Gasteiger charge is -2.45. The quantitative estimate of drug-likeness (QED) is 0.598. The van der Waals surface area contributed by atoms with Crippen LogP contribution < -0.4 is 4.90 Å². The summed E-state index contributed by atoms with van der Waals surface area (Å²) in [6.07, 6.45) is 3.12. The van der Waals surface area contributed by atoms with Gasteiger partial charge in [0.1, 0.15) is 0 Å². The van der Waals surface area contributed by atoms with Gasteiger partial charge in [-0.15, -0.1) is 0 Å². The third-order valence-electron chi connectivity index (χ3n) is 4.85. The Labute approximate surface area is 147 Å². The van der Waals surface area contributed by atoms with Crippen molar-refractivity contribution in [2.45, 2.75) is 38.6 Å². The molecule has 0 spiro atoms. The number of anilines is 1. The van der Waals surface area contributed by atoms with Crippen LogP contribution in [0.2, 0.25) is 0 Å². The van der Waals surface area contributed by atoms with E-state index in [-0.39, 0.29) is 5.54 Å².